The first kappa shape index (κ1) is 17.6. The van der Waals surface area contributed by atoms with Crippen molar-refractivity contribution < 1.29 is 4.79 Å². The molecule has 0 aliphatic carbocycles. The number of benzene rings is 1. The van der Waals surface area contributed by atoms with Crippen molar-refractivity contribution in [1.82, 2.24) is 9.55 Å². The predicted molar refractivity (Wildman–Crippen MR) is 103 cm³/mol. The highest BCUT2D eigenvalue weighted by Gasteiger charge is 2.23. The topological polar surface area (TPSA) is 97.9 Å². The number of halogens is 1. The fourth-order valence-corrected chi connectivity index (χ4v) is 4.20. The molecule has 0 spiro atoms. The smallest absolute Gasteiger partial charge is 0.330 e. The third-order valence-corrected chi connectivity index (χ3v) is 5.88. The number of fused-ring (bicyclic) bond motifs is 1. The Morgan fingerprint density at radius 2 is 1.96 bits per heavy atom. The van der Waals surface area contributed by atoms with Gasteiger partial charge in [0.15, 0.2) is 0 Å². The van der Waals surface area contributed by atoms with Gasteiger partial charge in [-0.25, -0.2) is 9.36 Å². The summed E-state index contributed by atoms with van der Waals surface area (Å²) >= 11 is 4.79. The standard InChI is InChI=1S/C17H16BrN3O3S/c1-3-11-12(9-4-6-10(18)7-5-9)13-15(25-11)20-17(24)21(16(13)23)8(2)14(19)22/h4-8H,3H2,1-2H3,(H2,19,22)(H,20,24). The first-order valence-corrected chi connectivity index (χ1v) is 9.31. The molecule has 0 saturated carbocycles. The predicted octanol–water partition coefficient (Wildman–Crippen LogP) is 2.79. The summed E-state index contributed by atoms with van der Waals surface area (Å²) in [6.07, 6.45) is 0.720. The molecule has 2 aromatic heterocycles. The Labute approximate surface area is 155 Å². The lowest BCUT2D eigenvalue weighted by molar-refractivity contribution is -0.120. The number of rotatable bonds is 4. The van der Waals surface area contributed by atoms with Crippen molar-refractivity contribution >= 4 is 43.4 Å². The highest BCUT2D eigenvalue weighted by molar-refractivity contribution is 9.10. The Kier molecular flexibility index (Phi) is 4.66. The number of nitrogens with two attached hydrogens (primary N) is 1. The van der Waals surface area contributed by atoms with Crippen LogP contribution in [0.5, 0.6) is 0 Å². The number of carbonyl (C=O) groups is 1. The summed E-state index contributed by atoms with van der Waals surface area (Å²) in [5.74, 6) is -0.733. The molecule has 0 saturated heterocycles. The van der Waals surface area contributed by atoms with Crippen molar-refractivity contribution in [2.75, 3.05) is 0 Å². The number of thiophene rings is 1. The molecule has 0 bridgehead atoms. The fraction of sp³-hybridized carbons (Fsp3) is 0.235. The summed E-state index contributed by atoms with van der Waals surface area (Å²) in [4.78, 5) is 41.0. The van der Waals surface area contributed by atoms with E-state index in [2.05, 4.69) is 20.9 Å². The van der Waals surface area contributed by atoms with Gasteiger partial charge in [-0.3, -0.25) is 14.6 Å². The van der Waals surface area contributed by atoms with Crippen molar-refractivity contribution in [1.29, 1.82) is 0 Å². The van der Waals surface area contributed by atoms with E-state index < -0.39 is 23.2 Å². The SMILES string of the molecule is CCc1sc2[nH]c(=O)n(C(C)C(N)=O)c(=O)c2c1-c1ccc(Br)cc1. The van der Waals surface area contributed by atoms with Crippen molar-refractivity contribution in [3.05, 3.63) is 54.5 Å². The highest BCUT2D eigenvalue weighted by atomic mass is 79.9. The van der Waals surface area contributed by atoms with Crippen LogP contribution in [0.25, 0.3) is 21.3 Å². The number of H-pyrrole nitrogens is 1. The molecule has 1 unspecified atom stereocenters. The van der Waals surface area contributed by atoms with Crippen molar-refractivity contribution in [3.63, 3.8) is 0 Å². The van der Waals surface area contributed by atoms with Gasteiger partial charge in [-0.15, -0.1) is 11.3 Å². The van der Waals surface area contributed by atoms with Gasteiger partial charge in [0.1, 0.15) is 10.9 Å². The van der Waals surface area contributed by atoms with Crippen LogP contribution in [0.3, 0.4) is 0 Å². The van der Waals surface area contributed by atoms with E-state index in [9.17, 15) is 14.4 Å². The van der Waals surface area contributed by atoms with Crippen LogP contribution >= 0.6 is 27.3 Å². The largest absolute Gasteiger partial charge is 0.368 e. The number of nitrogens with zero attached hydrogens (tertiary/aromatic N) is 1. The molecule has 130 valence electrons. The van der Waals surface area contributed by atoms with E-state index in [0.29, 0.717) is 10.2 Å². The Hall–Kier alpha value is -2.19. The Morgan fingerprint density at radius 1 is 1.32 bits per heavy atom. The van der Waals surface area contributed by atoms with Crippen molar-refractivity contribution in [2.24, 2.45) is 5.73 Å². The minimum absolute atomic E-state index is 0.414. The number of aromatic amines is 1. The summed E-state index contributed by atoms with van der Waals surface area (Å²) in [6, 6.07) is 6.60. The lowest BCUT2D eigenvalue weighted by atomic mass is 10.0. The number of hydrogen-bond acceptors (Lipinski definition) is 4. The number of primary amides is 1. The minimum atomic E-state index is -1.02. The summed E-state index contributed by atoms with van der Waals surface area (Å²) in [5.41, 5.74) is 5.84. The number of aryl methyl sites for hydroxylation is 1. The van der Waals surface area contributed by atoms with Crippen LogP contribution in [-0.4, -0.2) is 15.5 Å². The quantitative estimate of drug-likeness (QED) is 0.677. The van der Waals surface area contributed by atoms with Crippen LogP contribution < -0.4 is 17.0 Å². The first-order valence-electron chi connectivity index (χ1n) is 7.70. The summed E-state index contributed by atoms with van der Waals surface area (Å²) in [5, 5.41) is 0.414. The summed E-state index contributed by atoms with van der Waals surface area (Å²) in [6.45, 7) is 3.44. The van der Waals surface area contributed by atoms with Crippen LogP contribution in [0.2, 0.25) is 0 Å². The highest BCUT2D eigenvalue weighted by Crippen LogP contribution is 2.36. The molecule has 0 aliphatic rings. The monoisotopic (exact) mass is 421 g/mol. The van der Waals surface area contributed by atoms with E-state index in [4.69, 9.17) is 5.73 Å². The van der Waals surface area contributed by atoms with Gasteiger partial charge in [0, 0.05) is 14.9 Å². The number of nitrogens with one attached hydrogen (secondary N) is 1. The second-order valence-corrected chi connectivity index (χ2v) is 7.67. The van der Waals surface area contributed by atoms with E-state index in [1.807, 2.05) is 31.2 Å². The molecule has 0 aliphatic heterocycles. The van der Waals surface area contributed by atoms with E-state index >= 15 is 0 Å². The molecule has 25 heavy (non-hydrogen) atoms. The van der Waals surface area contributed by atoms with Gasteiger partial charge in [-0.05, 0) is 31.0 Å². The zero-order valence-corrected chi connectivity index (χ0v) is 16.0. The Balaban J connectivity index is 2.42. The Bertz CT molecular complexity index is 1080. The molecular weight excluding hydrogens is 406 g/mol. The van der Waals surface area contributed by atoms with Crippen LogP contribution in [-0.2, 0) is 11.2 Å². The third-order valence-electron chi connectivity index (χ3n) is 4.11. The van der Waals surface area contributed by atoms with Gasteiger partial charge in [0.25, 0.3) is 5.56 Å². The van der Waals surface area contributed by atoms with Gasteiger partial charge >= 0.3 is 5.69 Å². The van der Waals surface area contributed by atoms with E-state index in [0.717, 1.165) is 31.5 Å². The number of hydrogen-bond donors (Lipinski definition) is 2. The normalized spacial score (nSPS) is 12.4. The van der Waals surface area contributed by atoms with E-state index in [1.165, 1.54) is 18.3 Å². The van der Waals surface area contributed by atoms with E-state index in [1.54, 1.807) is 0 Å². The second kappa shape index (κ2) is 6.61. The minimum Gasteiger partial charge on any atom is -0.368 e. The molecule has 3 aromatic rings. The molecule has 0 radical (unpaired) electrons. The molecule has 1 amide bonds. The van der Waals surface area contributed by atoms with E-state index in [-0.39, 0.29) is 0 Å². The average molecular weight is 422 g/mol. The molecule has 3 rings (SSSR count). The summed E-state index contributed by atoms with van der Waals surface area (Å²) < 4.78 is 1.82. The number of aromatic nitrogens is 2. The molecule has 6 nitrogen and oxygen atoms in total. The zero-order chi connectivity index (χ0) is 18.3. The number of amides is 1. The van der Waals surface area contributed by atoms with Crippen LogP contribution in [0.4, 0.5) is 0 Å². The molecule has 0 fully saturated rings. The third kappa shape index (κ3) is 2.96. The number of carbonyl (C=O) groups excluding carboxylic acids is 1. The van der Waals surface area contributed by atoms with Gasteiger partial charge < -0.3 is 5.73 Å². The van der Waals surface area contributed by atoms with Gasteiger partial charge in [0.2, 0.25) is 5.91 Å². The molecule has 1 atom stereocenters. The van der Waals surface area contributed by atoms with Crippen molar-refractivity contribution in [3.8, 4) is 11.1 Å². The molecule has 1 aromatic carbocycles. The van der Waals surface area contributed by atoms with Crippen LogP contribution in [0.15, 0.2) is 38.3 Å². The molecule has 8 heteroatoms. The first-order chi connectivity index (χ1) is 11.8. The van der Waals surface area contributed by atoms with Gasteiger partial charge in [0.05, 0.1) is 5.39 Å². The van der Waals surface area contributed by atoms with Gasteiger partial charge in [-0.1, -0.05) is 35.0 Å². The molecule has 3 N–H and O–H groups in total. The zero-order valence-electron chi connectivity index (χ0n) is 13.6. The van der Waals surface area contributed by atoms with Gasteiger partial charge in [-0.2, -0.15) is 0 Å². The maximum Gasteiger partial charge on any atom is 0.330 e. The van der Waals surface area contributed by atoms with Crippen molar-refractivity contribution in [2.45, 2.75) is 26.3 Å². The molecular formula is C17H16BrN3O3S. The molecule has 2 heterocycles. The lowest BCUT2D eigenvalue weighted by Gasteiger charge is -2.10. The lowest BCUT2D eigenvalue weighted by Crippen LogP contribution is -2.41. The van der Waals surface area contributed by atoms with Crippen LogP contribution in [0, 0.1) is 0 Å². The fourth-order valence-electron chi connectivity index (χ4n) is 2.79. The summed E-state index contributed by atoms with van der Waals surface area (Å²) in [7, 11) is 0. The second-order valence-electron chi connectivity index (χ2n) is 5.65. The average Bonchev–Trinajstić information content (AvgIpc) is 2.93. The Morgan fingerprint density at radius 3 is 2.52 bits per heavy atom. The maximum atomic E-state index is 13.0. The maximum absolute atomic E-state index is 13.0. The van der Waals surface area contributed by atoms with Crippen LogP contribution in [0.1, 0.15) is 24.8 Å².